The maximum atomic E-state index is 9.32. The summed E-state index contributed by atoms with van der Waals surface area (Å²) in [5, 5.41) is 0. The first-order chi connectivity index (χ1) is 3.27. The van der Waals surface area contributed by atoms with Gasteiger partial charge < -0.3 is 9.53 Å². The zero-order chi connectivity index (χ0) is 5.70. The monoisotopic (exact) mass is 204 g/mol. The summed E-state index contributed by atoms with van der Waals surface area (Å²) in [6.07, 6.45) is 0. The van der Waals surface area contributed by atoms with Crippen LogP contribution in [0.5, 0.6) is 0 Å². The van der Waals surface area contributed by atoms with Gasteiger partial charge in [0.25, 0.3) is 0 Å². The molecule has 0 amide bonds. The van der Waals surface area contributed by atoms with Crippen molar-refractivity contribution >= 4 is 6.47 Å². The van der Waals surface area contributed by atoms with Crippen molar-refractivity contribution in [2.75, 3.05) is 6.61 Å². The van der Waals surface area contributed by atoms with Crippen LogP contribution < -0.4 is 0 Å². The van der Waals surface area contributed by atoms with Crippen molar-refractivity contribution in [3.63, 3.8) is 0 Å². The van der Waals surface area contributed by atoms with Crippen LogP contribution in [0.15, 0.2) is 12.2 Å². The van der Waals surface area contributed by atoms with E-state index >= 15 is 0 Å². The molecule has 0 heterocycles. The van der Waals surface area contributed by atoms with Crippen molar-refractivity contribution < 1.29 is 42.2 Å². The molecule has 51 valence electrons. The zero-order valence-electron chi connectivity index (χ0n) is 4.81. The molecule has 0 bridgehead atoms. The van der Waals surface area contributed by atoms with E-state index in [-0.39, 0.29) is 46.7 Å². The minimum absolute atomic E-state index is 0. The van der Waals surface area contributed by atoms with Gasteiger partial charge in [-0.25, -0.2) is 0 Å². The largest absolute Gasteiger partial charge is 0.650 e. The molecule has 0 aliphatic rings. The quantitative estimate of drug-likeness (QED) is 0.511. The second-order valence-electron chi connectivity index (χ2n) is 1.33. The fourth-order valence-corrected chi connectivity index (χ4v) is 0.153. The minimum Gasteiger partial charge on any atom is -0.650 e. The van der Waals surface area contributed by atoms with Gasteiger partial charge in [0.2, 0.25) is 0 Å². The molecule has 9 heavy (non-hydrogen) atoms. The predicted octanol–water partition coefficient (Wildman–Crippen LogP) is 1.28. The first-order valence-corrected chi connectivity index (χ1v) is 1.90. The Kier molecular flexibility index (Phi) is 20.0. The summed E-state index contributed by atoms with van der Waals surface area (Å²) in [4.78, 5) is 9.32. The molecule has 0 saturated carbocycles. The van der Waals surface area contributed by atoms with Gasteiger partial charge >= 0.3 is 0 Å². The molecule has 0 atom stereocenters. The molecule has 0 aromatic carbocycles. The Balaban J connectivity index is -0.000000180. The average molecular weight is 204 g/mol. The molecule has 0 aliphatic heterocycles. The third-order valence-corrected chi connectivity index (χ3v) is 0.377. The Morgan fingerprint density at radius 1 is 1.78 bits per heavy atom. The first kappa shape index (κ1) is 16.1. The molecule has 2 nitrogen and oxygen atoms in total. The summed E-state index contributed by atoms with van der Waals surface area (Å²) >= 11 is 0. The third-order valence-electron chi connectivity index (χ3n) is 0.377. The van der Waals surface area contributed by atoms with Crippen LogP contribution in [0.4, 0.5) is 0 Å². The Bertz CT molecular complexity index is 81.1. The maximum Gasteiger partial charge on any atom is 0.0699 e. The summed E-state index contributed by atoms with van der Waals surface area (Å²) in [6, 6.07) is 0. The van der Waals surface area contributed by atoms with Gasteiger partial charge in [0.15, 0.2) is 0 Å². The van der Waals surface area contributed by atoms with Crippen molar-refractivity contribution in [1.29, 1.82) is 0 Å². The van der Waals surface area contributed by atoms with Crippen LogP contribution in [-0.4, -0.2) is 13.1 Å². The van der Waals surface area contributed by atoms with Crippen LogP contribution in [0.3, 0.4) is 0 Å². The second-order valence-corrected chi connectivity index (χ2v) is 1.33. The van der Waals surface area contributed by atoms with Crippen LogP contribution in [0.25, 0.3) is 0 Å². The summed E-state index contributed by atoms with van der Waals surface area (Å²) in [5.41, 5.74) is 0.823. The van der Waals surface area contributed by atoms with E-state index in [0.29, 0.717) is 0 Å². The van der Waals surface area contributed by atoms with E-state index in [0.717, 1.165) is 5.57 Å². The molecule has 0 aliphatic carbocycles. The van der Waals surface area contributed by atoms with Crippen molar-refractivity contribution in [3.8, 4) is 0 Å². The Morgan fingerprint density at radius 2 is 2.22 bits per heavy atom. The molecule has 0 rings (SSSR count). The van der Waals surface area contributed by atoms with Crippen LogP contribution in [0, 0.1) is 0 Å². The number of ether oxygens (including phenoxy) is 1. The second kappa shape index (κ2) is 11.2. The van der Waals surface area contributed by atoms with E-state index in [1.165, 1.54) is 6.47 Å². The Morgan fingerprint density at radius 3 is 2.33 bits per heavy atom. The van der Waals surface area contributed by atoms with Gasteiger partial charge in [0, 0.05) is 32.7 Å². The number of rotatable bonds is 3. The summed E-state index contributed by atoms with van der Waals surface area (Å²) < 4.78 is 4.19. The van der Waals surface area contributed by atoms with E-state index in [1.54, 1.807) is 6.92 Å². The van der Waals surface area contributed by atoms with Gasteiger partial charge in [-0.2, -0.15) is 0 Å². The Hall–Kier alpha value is 0.314. The molecule has 1 radical (unpaired) electrons. The molecular formula is C6H11O2Y-. The van der Waals surface area contributed by atoms with Crippen LogP contribution in [0.1, 0.15) is 14.4 Å². The van der Waals surface area contributed by atoms with Crippen molar-refractivity contribution in [3.05, 3.63) is 12.2 Å². The summed E-state index contributed by atoms with van der Waals surface area (Å²) in [5.74, 6) is 0. The van der Waals surface area contributed by atoms with Gasteiger partial charge in [-0.05, 0) is 12.5 Å². The van der Waals surface area contributed by atoms with Crippen LogP contribution >= 0.6 is 0 Å². The van der Waals surface area contributed by atoms with Crippen LogP contribution in [0.2, 0.25) is 0 Å². The number of carbonyl (C=O) groups excluding carboxylic acids is 1. The van der Waals surface area contributed by atoms with Gasteiger partial charge in [0.05, 0.1) is 6.61 Å². The van der Waals surface area contributed by atoms with E-state index in [4.69, 9.17) is 0 Å². The standard InChI is InChI=1S/C5H7O2.CH4.Y/c1-5(2)3-7-4-6;;/h1,3H2,2H3;1H4;/q-1;;. The van der Waals surface area contributed by atoms with E-state index in [9.17, 15) is 4.79 Å². The molecular weight excluding hydrogens is 193 g/mol. The predicted molar refractivity (Wildman–Crippen MR) is 33.2 cm³/mol. The fraction of sp³-hybridized carbons (Fsp3) is 0.500. The van der Waals surface area contributed by atoms with Gasteiger partial charge in [0.1, 0.15) is 0 Å². The van der Waals surface area contributed by atoms with Crippen molar-refractivity contribution in [1.82, 2.24) is 0 Å². The maximum absolute atomic E-state index is 9.32. The van der Waals surface area contributed by atoms with E-state index in [2.05, 4.69) is 11.3 Å². The Labute approximate surface area is 81.5 Å². The zero-order valence-corrected chi connectivity index (χ0v) is 7.65. The smallest absolute Gasteiger partial charge is 0.0699 e. The molecule has 0 saturated heterocycles. The summed E-state index contributed by atoms with van der Waals surface area (Å²) in [6.45, 7) is 6.83. The van der Waals surface area contributed by atoms with E-state index in [1.807, 2.05) is 0 Å². The molecule has 3 heteroatoms. The number of hydrogen-bond donors (Lipinski definition) is 0. The minimum atomic E-state index is 0. The fourth-order valence-electron chi connectivity index (χ4n) is 0.153. The SMILES string of the molecule is C.C=C(C)CO[C-]=O.[Y]. The number of hydrogen-bond acceptors (Lipinski definition) is 2. The molecule has 0 fully saturated rings. The molecule has 0 aromatic heterocycles. The normalized spacial score (nSPS) is 5.89. The summed E-state index contributed by atoms with van der Waals surface area (Å²) in [7, 11) is 0. The van der Waals surface area contributed by atoms with Crippen LogP contribution in [-0.2, 0) is 42.2 Å². The van der Waals surface area contributed by atoms with Gasteiger partial charge in [-0.15, -0.1) is 0 Å². The average Bonchev–Trinajstić information content (AvgIpc) is 1.61. The molecule has 0 unspecified atom stereocenters. The third kappa shape index (κ3) is 17.8. The first-order valence-electron chi connectivity index (χ1n) is 1.90. The topological polar surface area (TPSA) is 26.3 Å². The van der Waals surface area contributed by atoms with Crippen molar-refractivity contribution in [2.45, 2.75) is 14.4 Å². The van der Waals surface area contributed by atoms with Gasteiger partial charge in [-0.1, -0.05) is 20.5 Å². The molecule has 0 spiro atoms. The van der Waals surface area contributed by atoms with E-state index < -0.39 is 0 Å². The molecule has 0 aromatic rings. The molecule has 0 N–H and O–H groups in total. The van der Waals surface area contributed by atoms with Crippen molar-refractivity contribution in [2.24, 2.45) is 0 Å². The van der Waals surface area contributed by atoms with Gasteiger partial charge in [-0.3, -0.25) is 0 Å².